The molecule has 1 aromatic heterocycles. The molecule has 1 amide bonds. The van der Waals surface area contributed by atoms with Gasteiger partial charge in [-0.05, 0) is 60.7 Å². The van der Waals surface area contributed by atoms with Crippen molar-refractivity contribution in [3.05, 3.63) is 83.8 Å². The molecule has 3 aromatic rings. The quantitative estimate of drug-likeness (QED) is 0.441. The number of para-hydroxylation sites is 2. The molecule has 2 heterocycles. The van der Waals surface area contributed by atoms with Crippen molar-refractivity contribution < 1.29 is 18.7 Å². The van der Waals surface area contributed by atoms with Gasteiger partial charge in [-0.3, -0.25) is 9.69 Å². The Morgan fingerprint density at radius 1 is 1.08 bits per heavy atom. The molecule has 0 aliphatic carbocycles. The van der Waals surface area contributed by atoms with E-state index in [0.717, 1.165) is 30.5 Å². The van der Waals surface area contributed by atoms with E-state index in [-0.39, 0.29) is 29.1 Å². The third-order valence-electron chi connectivity index (χ3n) is 6.97. The minimum Gasteiger partial charge on any atom is -0.489 e. The summed E-state index contributed by atoms with van der Waals surface area (Å²) in [5.74, 6) is 1.50. The van der Waals surface area contributed by atoms with Gasteiger partial charge in [0, 0.05) is 30.3 Å². The zero-order valence-corrected chi connectivity index (χ0v) is 22.8. The van der Waals surface area contributed by atoms with Gasteiger partial charge in [-0.25, -0.2) is 9.37 Å². The first-order chi connectivity index (χ1) is 18.1. The molecule has 0 saturated carbocycles. The van der Waals surface area contributed by atoms with Crippen LogP contribution in [-0.4, -0.2) is 42.0 Å². The van der Waals surface area contributed by atoms with Gasteiger partial charge in [0.1, 0.15) is 5.82 Å². The van der Waals surface area contributed by atoms with Crippen LogP contribution in [0, 0.1) is 11.2 Å². The molecule has 7 heteroatoms. The van der Waals surface area contributed by atoms with Crippen LogP contribution in [-0.2, 0) is 16.8 Å². The summed E-state index contributed by atoms with van der Waals surface area (Å²) in [6.07, 6.45) is 3.58. The lowest BCUT2D eigenvalue weighted by molar-refractivity contribution is -0.122. The largest absolute Gasteiger partial charge is 0.489 e. The summed E-state index contributed by atoms with van der Waals surface area (Å²) in [6, 6.07) is 18.0. The Morgan fingerprint density at radius 2 is 1.82 bits per heavy atom. The summed E-state index contributed by atoms with van der Waals surface area (Å²) in [6.45, 7) is 11.0. The maximum Gasteiger partial charge on any atom is 0.234 e. The molecule has 0 spiro atoms. The van der Waals surface area contributed by atoms with Crippen LogP contribution in [0.5, 0.6) is 17.4 Å². The number of nitrogens with zero attached hydrogens (tertiary/aromatic N) is 2. The molecule has 0 unspecified atom stereocenters. The summed E-state index contributed by atoms with van der Waals surface area (Å²) in [7, 11) is 0. The van der Waals surface area contributed by atoms with E-state index >= 15 is 0 Å². The highest BCUT2D eigenvalue weighted by Crippen LogP contribution is 2.34. The van der Waals surface area contributed by atoms with Gasteiger partial charge >= 0.3 is 0 Å². The molecule has 6 nitrogen and oxygen atoms in total. The Kier molecular flexibility index (Phi) is 8.67. The van der Waals surface area contributed by atoms with E-state index in [1.165, 1.54) is 12.1 Å². The average Bonchev–Trinajstić information content (AvgIpc) is 2.89. The lowest BCUT2D eigenvalue weighted by atomic mass is 9.84. The monoisotopic (exact) mass is 519 g/mol. The fourth-order valence-corrected chi connectivity index (χ4v) is 4.56. The lowest BCUT2D eigenvalue weighted by Crippen LogP contribution is -2.42. The molecule has 1 aliphatic rings. The fourth-order valence-electron chi connectivity index (χ4n) is 4.56. The molecule has 38 heavy (non-hydrogen) atoms. The van der Waals surface area contributed by atoms with E-state index in [4.69, 9.17) is 9.47 Å². The molecule has 4 rings (SSSR count). The molecule has 1 aliphatic heterocycles. The SMILES string of the molecule is CC1(C)CCCN(CC(=O)NCC(C)(C)c2ccc(F)cc2)Cc2cccnc2Oc2ccccc2OC1. The Bertz CT molecular complexity index is 1230. The van der Waals surface area contributed by atoms with Crippen LogP contribution in [0.3, 0.4) is 0 Å². The zero-order chi connectivity index (χ0) is 27.2. The zero-order valence-electron chi connectivity index (χ0n) is 22.8. The third-order valence-corrected chi connectivity index (χ3v) is 6.97. The van der Waals surface area contributed by atoms with Crippen LogP contribution in [0.15, 0.2) is 66.9 Å². The van der Waals surface area contributed by atoms with Gasteiger partial charge in [-0.15, -0.1) is 0 Å². The van der Waals surface area contributed by atoms with E-state index in [2.05, 4.69) is 29.0 Å². The van der Waals surface area contributed by atoms with E-state index < -0.39 is 0 Å². The number of hydrogen-bond acceptors (Lipinski definition) is 5. The van der Waals surface area contributed by atoms with E-state index in [9.17, 15) is 9.18 Å². The number of hydrogen-bond donors (Lipinski definition) is 1. The van der Waals surface area contributed by atoms with Gasteiger partial charge in [-0.2, -0.15) is 0 Å². The summed E-state index contributed by atoms with van der Waals surface area (Å²) >= 11 is 0. The summed E-state index contributed by atoms with van der Waals surface area (Å²) in [5, 5.41) is 3.09. The number of carbonyl (C=O) groups excluding carboxylic acids is 1. The third kappa shape index (κ3) is 7.54. The molecule has 0 radical (unpaired) electrons. The molecule has 0 saturated heterocycles. The van der Waals surface area contributed by atoms with Crippen molar-refractivity contribution >= 4 is 5.91 Å². The molecular formula is C31H38FN3O3. The number of amides is 1. The first-order valence-corrected chi connectivity index (χ1v) is 13.2. The smallest absolute Gasteiger partial charge is 0.234 e. The van der Waals surface area contributed by atoms with Gasteiger partial charge < -0.3 is 14.8 Å². The highest BCUT2D eigenvalue weighted by molar-refractivity contribution is 5.78. The Morgan fingerprint density at radius 3 is 2.58 bits per heavy atom. The number of carbonyl (C=O) groups is 1. The second kappa shape index (κ2) is 11.9. The highest BCUT2D eigenvalue weighted by Gasteiger charge is 2.25. The molecular weight excluding hydrogens is 481 g/mol. The van der Waals surface area contributed by atoms with Crippen molar-refractivity contribution in [3.63, 3.8) is 0 Å². The van der Waals surface area contributed by atoms with Gasteiger partial charge in [0.15, 0.2) is 11.5 Å². The number of aromatic nitrogens is 1. The van der Waals surface area contributed by atoms with Crippen LogP contribution in [0.4, 0.5) is 4.39 Å². The van der Waals surface area contributed by atoms with Crippen LogP contribution in [0.2, 0.25) is 0 Å². The maximum atomic E-state index is 13.4. The predicted octanol–water partition coefficient (Wildman–Crippen LogP) is 6.11. The maximum absolute atomic E-state index is 13.4. The van der Waals surface area contributed by atoms with Gasteiger partial charge in [0.2, 0.25) is 11.8 Å². The van der Waals surface area contributed by atoms with Crippen LogP contribution < -0.4 is 14.8 Å². The van der Waals surface area contributed by atoms with Crippen molar-refractivity contribution in [3.8, 4) is 17.4 Å². The number of rotatable bonds is 5. The van der Waals surface area contributed by atoms with Crippen LogP contribution in [0.1, 0.15) is 51.7 Å². The number of benzene rings is 2. The standard InChI is InChI=1S/C31H38FN3O3/c1-30(2)16-8-18-35(20-28(36)34-21-31(3,4)24-12-14-25(32)15-13-24)19-23-9-7-17-33-29(23)38-27-11-6-5-10-26(27)37-22-30/h5-7,9-15,17H,8,16,18-22H2,1-4H3,(H,34,36). The number of fused-ring (bicyclic) bond motifs is 2. The molecule has 202 valence electrons. The Balaban J connectivity index is 1.49. The van der Waals surface area contributed by atoms with E-state index in [0.29, 0.717) is 37.1 Å². The van der Waals surface area contributed by atoms with Crippen molar-refractivity contribution in [1.82, 2.24) is 15.2 Å². The first kappa shape index (κ1) is 27.6. The Hall–Kier alpha value is -3.45. The molecule has 0 fully saturated rings. The number of pyridine rings is 1. The molecule has 0 bridgehead atoms. The van der Waals surface area contributed by atoms with Gasteiger partial charge in [-0.1, -0.05) is 58.0 Å². The highest BCUT2D eigenvalue weighted by atomic mass is 19.1. The molecule has 0 atom stereocenters. The van der Waals surface area contributed by atoms with E-state index in [1.807, 2.05) is 50.2 Å². The average molecular weight is 520 g/mol. The van der Waals surface area contributed by atoms with Crippen LogP contribution >= 0.6 is 0 Å². The topological polar surface area (TPSA) is 63.7 Å². The molecule has 1 N–H and O–H groups in total. The number of ether oxygens (including phenoxy) is 2. The van der Waals surface area contributed by atoms with Crippen molar-refractivity contribution in [2.45, 2.75) is 52.5 Å². The number of nitrogens with one attached hydrogen (secondary N) is 1. The lowest BCUT2D eigenvalue weighted by Gasteiger charge is -2.28. The summed E-state index contributed by atoms with van der Waals surface area (Å²) in [5.41, 5.74) is 1.51. The Labute approximate surface area is 225 Å². The first-order valence-electron chi connectivity index (χ1n) is 13.2. The van der Waals surface area contributed by atoms with Crippen molar-refractivity contribution in [2.75, 3.05) is 26.2 Å². The minimum atomic E-state index is -0.328. The second-order valence-electron chi connectivity index (χ2n) is 11.5. The fraction of sp³-hybridized carbons (Fsp3) is 0.419. The van der Waals surface area contributed by atoms with Crippen molar-refractivity contribution in [2.24, 2.45) is 5.41 Å². The van der Waals surface area contributed by atoms with Crippen LogP contribution in [0.25, 0.3) is 0 Å². The van der Waals surface area contributed by atoms with Crippen molar-refractivity contribution in [1.29, 1.82) is 0 Å². The van der Waals surface area contributed by atoms with E-state index in [1.54, 1.807) is 18.3 Å². The number of halogens is 1. The minimum absolute atomic E-state index is 0.0423. The normalized spacial score (nSPS) is 16.3. The molecule has 2 aromatic carbocycles. The predicted molar refractivity (Wildman–Crippen MR) is 147 cm³/mol. The van der Waals surface area contributed by atoms with Gasteiger partial charge in [0.05, 0.1) is 13.2 Å². The summed E-state index contributed by atoms with van der Waals surface area (Å²) < 4.78 is 25.8. The van der Waals surface area contributed by atoms with Gasteiger partial charge in [0.25, 0.3) is 0 Å². The second-order valence-corrected chi connectivity index (χ2v) is 11.5. The summed E-state index contributed by atoms with van der Waals surface area (Å²) in [4.78, 5) is 19.7.